The first-order chi connectivity index (χ1) is 12.5. The summed E-state index contributed by atoms with van der Waals surface area (Å²) in [6.07, 6.45) is 3.56. The number of anilines is 1. The van der Waals surface area contributed by atoms with Gasteiger partial charge < -0.3 is 16.0 Å². The summed E-state index contributed by atoms with van der Waals surface area (Å²) in [5.41, 5.74) is 9.81. The molecule has 0 atom stereocenters. The average Bonchev–Trinajstić information content (AvgIpc) is 2.95. The summed E-state index contributed by atoms with van der Waals surface area (Å²) >= 11 is 1.33. The van der Waals surface area contributed by atoms with E-state index in [1.165, 1.54) is 16.9 Å². The molecule has 8 heteroatoms. The molecule has 1 amide bonds. The number of thiophene rings is 1. The Labute approximate surface area is 155 Å². The summed E-state index contributed by atoms with van der Waals surface area (Å²) in [6, 6.07) is 4.27. The second kappa shape index (κ2) is 6.62. The lowest BCUT2D eigenvalue weighted by Gasteiger charge is -2.39. The molecule has 0 radical (unpaired) electrons. The molecule has 1 fully saturated rings. The predicted molar refractivity (Wildman–Crippen MR) is 102 cm³/mol. The smallest absolute Gasteiger partial charge is 0.266 e. The molecule has 3 aromatic heterocycles. The molecule has 1 aliphatic heterocycles. The van der Waals surface area contributed by atoms with E-state index in [9.17, 15) is 4.79 Å². The van der Waals surface area contributed by atoms with Crippen LogP contribution < -0.4 is 11.1 Å². The first-order valence-corrected chi connectivity index (χ1v) is 9.29. The fourth-order valence-corrected chi connectivity index (χ4v) is 4.15. The Morgan fingerprint density at radius 1 is 1.31 bits per heavy atom. The highest BCUT2D eigenvalue weighted by molar-refractivity contribution is 7.21. The molecular formula is C18H20N6OS. The molecule has 134 valence electrons. The number of pyridine rings is 1. The van der Waals surface area contributed by atoms with Crippen molar-refractivity contribution in [1.29, 1.82) is 0 Å². The van der Waals surface area contributed by atoms with Crippen LogP contribution in [0.2, 0.25) is 0 Å². The number of nitrogens with two attached hydrogens (primary N) is 1. The van der Waals surface area contributed by atoms with Crippen molar-refractivity contribution in [2.45, 2.75) is 26.4 Å². The third kappa shape index (κ3) is 2.91. The number of rotatable bonds is 4. The number of carbonyl (C=O) groups is 1. The van der Waals surface area contributed by atoms with E-state index in [-0.39, 0.29) is 5.91 Å². The zero-order valence-corrected chi connectivity index (χ0v) is 15.5. The van der Waals surface area contributed by atoms with Gasteiger partial charge in [-0.3, -0.25) is 9.78 Å². The number of hydrogen-bond donors (Lipinski definition) is 2. The lowest BCUT2D eigenvalue weighted by molar-refractivity contribution is 0.0572. The van der Waals surface area contributed by atoms with Gasteiger partial charge in [-0.2, -0.15) is 5.10 Å². The van der Waals surface area contributed by atoms with Gasteiger partial charge in [0.25, 0.3) is 5.91 Å². The molecule has 3 N–H and O–H groups in total. The van der Waals surface area contributed by atoms with Gasteiger partial charge in [-0.1, -0.05) is 0 Å². The summed E-state index contributed by atoms with van der Waals surface area (Å²) in [5, 5.41) is 12.6. The number of nitrogens with zero attached hydrogens (tertiary/aromatic N) is 4. The molecule has 0 aliphatic carbocycles. The van der Waals surface area contributed by atoms with E-state index in [0.29, 0.717) is 29.7 Å². The first kappa shape index (κ1) is 16.9. The molecule has 26 heavy (non-hydrogen) atoms. The molecule has 7 nitrogen and oxygen atoms in total. The minimum Gasteiger partial charge on any atom is -0.397 e. The highest BCUT2D eigenvalue weighted by Crippen LogP contribution is 2.36. The summed E-state index contributed by atoms with van der Waals surface area (Å²) in [5.74, 6) is -0.0236. The molecule has 3 aromatic rings. The van der Waals surface area contributed by atoms with Gasteiger partial charge >= 0.3 is 0 Å². The maximum atomic E-state index is 12.8. The van der Waals surface area contributed by atoms with Crippen molar-refractivity contribution in [3.63, 3.8) is 0 Å². The lowest BCUT2D eigenvalue weighted by atomic mass is 10.1. The fraction of sp³-hybridized carbons (Fsp3) is 0.333. The minimum atomic E-state index is -0.0236. The minimum absolute atomic E-state index is 0.0236. The van der Waals surface area contributed by atoms with Gasteiger partial charge in [-0.15, -0.1) is 16.4 Å². The van der Waals surface area contributed by atoms with Crippen molar-refractivity contribution in [3.05, 3.63) is 46.2 Å². The van der Waals surface area contributed by atoms with Crippen LogP contribution in [0.15, 0.2) is 24.5 Å². The number of aromatic nitrogens is 3. The Bertz CT molecular complexity index is 965. The average molecular weight is 368 g/mol. The van der Waals surface area contributed by atoms with E-state index in [1.807, 2.05) is 30.9 Å². The molecule has 0 bridgehead atoms. The second-order valence-corrected chi connectivity index (χ2v) is 7.58. The number of likely N-dealkylation sites (tertiary alicyclic amines) is 1. The topological polar surface area (TPSA) is 97.0 Å². The molecule has 0 spiro atoms. The SMILES string of the molecule is Cc1nnc2sc(C(=O)N3CC(NCc4ccncc4)C3)c(N)c2c1C. The van der Waals surface area contributed by atoms with Crippen molar-refractivity contribution < 1.29 is 4.79 Å². The summed E-state index contributed by atoms with van der Waals surface area (Å²) in [7, 11) is 0. The summed E-state index contributed by atoms with van der Waals surface area (Å²) in [4.78, 5) is 19.9. The Kier molecular flexibility index (Phi) is 4.29. The maximum Gasteiger partial charge on any atom is 0.266 e. The molecular weight excluding hydrogens is 348 g/mol. The van der Waals surface area contributed by atoms with Gasteiger partial charge in [0.05, 0.1) is 11.4 Å². The van der Waals surface area contributed by atoms with Crippen molar-refractivity contribution >= 4 is 33.1 Å². The fourth-order valence-electron chi connectivity index (χ4n) is 3.08. The molecule has 4 heterocycles. The van der Waals surface area contributed by atoms with E-state index in [2.05, 4.69) is 20.5 Å². The van der Waals surface area contributed by atoms with E-state index in [4.69, 9.17) is 5.73 Å². The van der Waals surface area contributed by atoms with Crippen molar-refractivity contribution in [1.82, 2.24) is 25.4 Å². The number of fused-ring (bicyclic) bond motifs is 1. The predicted octanol–water partition coefficient (Wildman–Crippen LogP) is 1.90. The van der Waals surface area contributed by atoms with Crippen LogP contribution in [0.1, 0.15) is 26.5 Å². The molecule has 0 unspecified atom stereocenters. The number of nitrogens with one attached hydrogen (secondary N) is 1. The largest absolute Gasteiger partial charge is 0.397 e. The Morgan fingerprint density at radius 2 is 2.04 bits per heavy atom. The van der Waals surface area contributed by atoms with Crippen LogP contribution in [0.3, 0.4) is 0 Å². The highest BCUT2D eigenvalue weighted by atomic mass is 32.1. The third-order valence-corrected chi connectivity index (χ3v) is 5.92. The lowest BCUT2D eigenvalue weighted by Crippen LogP contribution is -2.59. The van der Waals surface area contributed by atoms with Crippen LogP contribution >= 0.6 is 11.3 Å². The molecule has 1 saturated heterocycles. The van der Waals surface area contributed by atoms with Crippen LogP contribution in [0.25, 0.3) is 10.2 Å². The molecule has 0 saturated carbocycles. The van der Waals surface area contributed by atoms with E-state index in [0.717, 1.165) is 28.0 Å². The summed E-state index contributed by atoms with van der Waals surface area (Å²) < 4.78 is 0. The van der Waals surface area contributed by atoms with Crippen LogP contribution in [0.5, 0.6) is 0 Å². The van der Waals surface area contributed by atoms with Gasteiger partial charge in [0.15, 0.2) is 0 Å². The molecule has 1 aliphatic rings. The number of amides is 1. The molecule has 0 aromatic carbocycles. The van der Waals surface area contributed by atoms with E-state index < -0.39 is 0 Å². The van der Waals surface area contributed by atoms with E-state index in [1.54, 1.807) is 12.4 Å². The zero-order valence-electron chi connectivity index (χ0n) is 14.7. The molecule has 4 rings (SSSR count). The quantitative estimate of drug-likeness (QED) is 0.730. The van der Waals surface area contributed by atoms with Gasteiger partial charge in [0.2, 0.25) is 0 Å². The van der Waals surface area contributed by atoms with Gasteiger partial charge in [0.1, 0.15) is 9.71 Å². The van der Waals surface area contributed by atoms with Crippen molar-refractivity contribution in [3.8, 4) is 0 Å². The van der Waals surface area contributed by atoms with Crippen LogP contribution in [-0.4, -0.2) is 45.1 Å². The number of carbonyl (C=O) groups excluding carboxylic acids is 1. The summed E-state index contributed by atoms with van der Waals surface area (Å²) in [6.45, 7) is 6.00. The van der Waals surface area contributed by atoms with Crippen LogP contribution in [-0.2, 0) is 6.54 Å². The standard InChI is InChI=1S/C18H20N6OS/c1-10-11(2)22-23-17-14(10)15(19)16(26-17)18(25)24-8-13(9-24)21-7-12-3-5-20-6-4-12/h3-6,13,21H,7-9,19H2,1-2H3. The Balaban J connectivity index is 1.43. The van der Waals surface area contributed by atoms with Crippen LogP contribution in [0.4, 0.5) is 5.69 Å². The van der Waals surface area contributed by atoms with Gasteiger partial charge in [0, 0.05) is 43.5 Å². The highest BCUT2D eigenvalue weighted by Gasteiger charge is 2.33. The normalized spacial score (nSPS) is 14.6. The van der Waals surface area contributed by atoms with Crippen molar-refractivity contribution in [2.24, 2.45) is 0 Å². The second-order valence-electron chi connectivity index (χ2n) is 6.58. The number of hydrogen-bond acceptors (Lipinski definition) is 7. The van der Waals surface area contributed by atoms with Crippen molar-refractivity contribution in [2.75, 3.05) is 18.8 Å². The monoisotopic (exact) mass is 368 g/mol. The third-order valence-electron chi connectivity index (χ3n) is 4.84. The number of nitrogen functional groups attached to an aromatic ring is 1. The van der Waals surface area contributed by atoms with E-state index >= 15 is 0 Å². The van der Waals surface area contributed by atoms with Crippen LogP contribution in [0, 0.1) is 13.8 Å². The Hall–Kier alpha value is -2.58. The maximum absolute atomic E-state index is 12.8. The first-order valence-electron chi connectivity index (χ1n) is 8.48. The Morgan fingerprint density at radius 3 is 2.77 bits per heavy atom. The van der Waals surface area contributed by atoms with Gasteiger partial charge in [-0.25, -0.2) is 0 Å². The zero-order chi connectivity index (χ0) is 18.3. The van der Waals surface area contributed by atoms with Gasteiger partial charge in [-0.05, 0) is 37.1 Å². The number of aryl methyl sites for hydroxylation is 2.